The van der Waals surface area contributed by atoms with Crippen LogP contribution in [0.5, 0.6) is 0 Å². The van der Waals surface area contributed by atoms with Crippen LogP contribution in [0.3, 0.4) is 0 Å². The van der Waals surface area contributed by atoms with E-state index in [4.69, 9.17) is 21.1 Å². The molecular weight excluding hydrogens is 278 g/mol. The van der Waals surface area contributed by atoms with Crippen LogP contribution in [-0.4, -0.2) is 30.4 Å². The minimum atomic E-state index is -0.501. The Morgan fingerprint density at radius 3 is 2.55 bits per heavy atom. The second kappa shape index (κ2) is 6.02. The molecule has 4 nitrogen and oxygen atoms in total. The first-order valence-corrected chi connectivity index (χ1v) is 7.07. The standard InChI is InChI=1S/C15H20ClNO3/c1-15(2,3)20-14(18)17-12(13-9-19-13)8-10-4-6-11(16)7-5-10/h4-7,12-13H,8-9H2,1-3H3,(H,17,18)/t12-,13+/m0/s1. The Balaban J connectivity index is 1.94. The molecule has 1 aromatic carbocycles. The minimum Gasteiger partial charge on any atom is -0.444 e. The van der Waals surface area contributed by atoms with Gasteiger partial charge in [0.25, 0.3) is 0 Å². The van der Waals surface area contributed by atoms with Gasteiger partial charge in [-0.1, -0.05) is 23.7 Å². The lowest BCUT2D eigenvalue weighted by Crippen LogP contribution is -2.43. The molecule has 2 atom stereocenters. The second-order valence-electron chi connectivity index (χ2n) is 5.96. The quantitative estimate of drug-likeness (QED) is 0.869. The van der Waals surface area contributed by atoms with Crippen LogP contribution in [0, 0.1) is 0 Å². The predicted octanol–water partition coefficient (Wildman–Crippen LogP) is 3.17. The van der Waals surface area contributed by atoms with Gasteiger partial charge >= 0.3 is 6.09 Å². The van der Waals surface area contributed by atoms with Crippen molar-refractivity contribution in [3.8, 4) is 0 Å². The van der Waals surface area contributed by atoms with Crippen LogP contribution in [0.2, 0.25) is 5.02 Å². The molecule has 0 aliphatic carbocycles. The monoisotopic (exact) mass is 297 g/mol. The summed E-state index contributed by atoms with van der Waals surface area (Å²) in [7, 11) is 0. The molecule has 0 spiro atoms. The van der Waals surface area contributed by atoms with E-state index in [1.165, 1.54) is 0 Å². The fourth-order valence-corrected chi connectivity index (χ4v) is 2.02. The molecule has 20 heavy (non-hydrogen) atoms. The maximum Gasteiger partial charge on any atom is 0.407 e. The molecule has 1 amide bonds. The molecule has 1 saturated heterocycles. The number of halogens is 1. The van der Waals surface area contributed by atoms with Gasteiger partial charge in [0.05, 0.1) is 12.6 Å². The smallest absolute Gasteiger partial charge is 0.407 e. The van der Waals surface area contributed by atoms with Gasteiger partial charge in [-0.25, -0.2) is 4.79 Å². The average molecular weight is 298 g/mol. The summed E-state index contributed by atoms with van der Waals surface area (Å²) in [6.07, 6.45) is 0.353. The topological polar surface area (TPSA) is 50.9 Å². The largest absolute Gasteiger partial charge is 0.444 e. The van der Waals surface area contributed by atoms with Crippen LogP contribution in [-0.2, 0) is 15.9 Å². The van der Waals surface area contributed by atoms with Crippen molar-refractivity contribution in [3.05, 3.63) is 34.9 Å². The summed E-state index contributed by atoms with van der Waals surface area (Å²) in [6.45, 7) is 6.20. The van der Waals surface area contributed by atoms with E-state index in [1.807, 2.05) is 45.0 Å². The van der Waals surface area contributed by atoms with E-state index in [-0.39, 0.29) is 12.1 Å². The van der Waals surface area contributed by atoms with E-state index < -0.39 is 11.7 Å². The molecule has 0 bridgehead atoms. The molecule has 0 radical (unpaired) electrons. The van der Waals surface area contributed by atoms with Crippen LogP contribution < -0.4 is 5.32 Å². The van der Waals surface area contributed by atoms with E-state index in [0.29, 0.717) is 18.1 Å². The van der Waals surface area contributed by atoms with Crippen molar-refractivity contribution >= 4 is 17.7 Å². The molecule has 0 unspecified atom stereocenters. The summed E-state index contributed by atoms with van der Waals surface area (Å²) in [5, 5.41) is 3.58. The highest BCUT2D eigenvalue weighted by molar-refractivity contribution is 6.30. The number of hydrogen-bond acceptors (Lipinski definition) is 3. The number of epoxide rings is 1. The molecule has 1 aliphatic heterocycles. The average Bonchev–Trinajstić information content (AvgIpc) is 3.12. The van der Waals surface area contributed by atoms with Crippen molar-refractivity contribution in [2.45, 2.75) is 44.9 Å². The number of amides is 1. The van der Waals surface area contributed by atoms with Gasteiger partial charge in [-0.05, 0) is 44.9 Å². The minimum absolute atomic E-state index is 0.0678. The maximum absolute atomic E-state index is 11.8. The van der Waals surface area contributed by atoms with E-state index in [0.717, 1.165) is 5.56 Å². The van der Waals surface area contributed by atoms with Crippen molar-refractivity contribution in [2.24, 2.45) is 0 Å². The summed E-state index contributed by atoms with van der Waals surface area (Å²) in [4.78, 5) is 11.8. The van der Waals surface area contributed by atoms with Crippen molar-refractivity contribution in [2.75, 3.05) is 6.61 Å². The van der Waals surface area contributed by atoms with Gasteiger partial charge < -0.3 is 14.8 Å². The zero-order valence-corrected chi connectivity index (χ0v) is 12.7. The summed E-state index contributed by atoms with van der Waals surface area (Å²) in [6, 6.07) is 7.51. The Morgan fingerprint density at radius 1 is 1.45 bits per heavy atom. The van der Waals surface area contributed by atoms with Crippen LogP contribution in [0.25, 0.3) is 0 Å². The van der Waals surface area contributed by atoms with Crippen molar-refractivity contribution in [1.82, 2.24) is 5.32 Å². The highest BCUT2D eigenvalue weighted by Gasteiger charge is 2.34. The lowest BCUT2D eigenvalue weighted by atomic mass is 10.0. The first kappa shape index (κ1) is 15.1. The highest BCUT2D eigenvalue weighted by Crippen LogP contribution is 2.20. The second-order valence-corrected chi connectivity index (χ2v) is 6.39. The Bertz CT molecular complexity index is 463. The van der Waals surface area contributed by atoms with E-state index in [2.05, 4.69) is 5.32 Å². The molecule has 2 rings (SSSR count). The van der Waals surface area contributed by atoms with Crippen LogP contribution in [0.4, 0.5) is 4.79 Å². The van der Waals surface area contributed by atoms with Gasteiger partial charge in [-0.15, -0.1) is 0 Å². The number of ether oxygens (including phenoxy) is 2. The molecule has 1 fully saturated rings. The number of carbonyl (C=O) groups is 1. The normalized spacial score (nSPS) is 19.3. The molecular formula is C15H20ClNO3. The summed E-state index contributed by atoms with van der Waals surface area (Å²) in [5.74, 6) is 0. The fourth-order valence-electron chi connectivity index (χ4n) is 1.90. The number of nitrogens with one attached hydrogen (secondary N) is 1. The van der Waals surface area contributed by atoms with Gasteiger partial charge in [0, 0.05) is 5.02 Å². The zero-order valence-electron chi connectivity index (χ0n) is 12.0. The van der Waals surface area contributed by atoms with Gasteiger partial charge in [-0.2, -0.15) is 0 Å². The van der Waals surface area contributed by atoms with Crippen LogP contribution >= 0.6 is 11.6 Å². The Labute approximate surface area is 124 Å². The van der Waals surface area contributed by atoms with E-state index in [9.17, 15) is 4.79 Å². The fraction of sp³-hybridized carbons (Fsp3) is 0.533. The number of benzene rings is 1. The first-order chi connectivity index (χ1) is 9.33. The number of alkyl carbamates (subject to hydrolysis) is 1. The van der Waals surface area contributed by atoms with Crippen molar-refractivity contribution in [1.29, 1.82) is 0 Å². The van der Waals surface area contributed by atoms with Crippen LogP contribution in [0.1, 0.15) is 26.3 Å². The zero-order chi connectivity index (χ0) is 14.8. The van der Waals surface area contributed by atoms with Gasteiger partial charge in [0.2, 0.25) is 0 Å². The molecule has 110 valence electrons. The molecule has 1 N–H and O–H groups in total. The summed E-state index contributed by atoms with van der Waals surface area (Å²) >= 11 is 5.87. The molecule has 1 aromatic rings. The highest BCUT2D eigenvalue weighted by atomic mass is 35.5. The number of carbonyl (C=O) groups excluding carboxylic acids is 1. The van der Waals surface area contributed by atoms with Crippen molar-refractivity contribution < 1.29 is 14.3 Å². The third-order valence-corrected chi connectivity index (χ3v) is 3.13. The Kier molecular flexibility index (Phi) is 4.55. The Hall–Kier alpha value is -1.26. The molecule has 0 saturated carbocycles. The summed E-state index contributed by atoms with van der Waals surface area (Å²) in [5.41, 5.74) is 0.602. The first-order valence-electron chi connectivity index (χ1n) is 6.69. The number of hydrogen-bond donors (Lipinski definition) is 1. The number of rotatable bonds is 4. The van der Waals surface area contributed by atoms with Gasteiger partial charge in [0.15, 0.2) is 0 Å². The third-order valence-electron chi connectivity index (χ3n) is 2.88. The maximum atomic E-state index is 11.8. The van der Waals surface area contributed by atoms with Gasteiger partial charge in [-0.3, -0.25) is 0 Å². The molecule has 1 heterocycles. The SMILES string of the molecule is CC(C)(C)OC(=O)N[C@@H](Cc1ccc(Cl)cc1)[C@H]1CO1. The van der Waals surface area contributed by atoms with E-state index >= 15 is 0 Å². The molecule has 0 aromatic heterocycles. The van der Waals surface area contributed by atoms with E-state index in [1.54, 1.807) is 0 Å². The van der Waals surface area contributed by atoms with Crippen LogP contribution in [0.15, 0.2) is 24.3 Å². The molecule has 1 aliphatic rings. The lowest BCUT2D eigenvalue weighted by molar-refractivity contribution is 0.0495. The lowest BCUT2D eigenvalue weighted by Gasteiger charge is -2.23. The Morgan fingerprint density at radius 2 is 2.05 bits per heavy atom. The van der Waals surface area contributed by atoms with Gasteiger partial charge in [0.1, 0.15) is 11.7 Å². The summed E-state index contributed by atoms with van der Waals surface area (Å²) < 4.78 is 10.6. The molecule has 5 heteroatoms. The predicted molar refractivity (Wildman–Crippen MR) is 78.1 cm³/mol. The third kappa shape index (κ3) is 5.02. The van der Waals surface area contributed by atoms with Crippen molar-refractivity contribution in [3.63, 3.8) is 0 Å².